The molecule has 0 aromatic heterocycles. The summed E-state index contributed by atoms with van der Waals surface area (Å²) in [7, 11) is 0. The zero-order chi connectivity index (χ0) is 10.2. The molecule has 14 heavy (non-hydrogen) atoms. The lowest BCUT2D eigenvalue weighted by molar-refractivity contribution is 0.0262. The van der Waals surface area contributed by atoms with Gasteiger partial charge in [-0.2, -0.15) is 0 Å². The summed E-state index contributed by atoms with van der Waals surface area (Å²) in [6, 6.07) is 0. The molecule has 1 spiro atoms. The van der Waals surface area contributed by atoms with Gasteiger partial charge in [0.25, 0.3) is 0 Å². The standard InChI is InChI=1S/C12H21NO/c1-3-10(2)13-5-4-12(9-13)6-11(7-12)8-14/h11,14H,2-9H2,1H3. The number of aliphatic hydroxyl groups excluding tert-OH is 1. The molecule has 1 aliphatic carbocycles. The quantitative estimate of drug-likeness (QED) is 0.744. The van der Waals surface area contributed by atoms with Crippen molar-refractivity contribution in [1.29, 1.82) is 0 Å². The van der Waals surface area contributed by atoms with Gasteiger partial charge < -0.3 is 10.0 Å². The van der Waals surface area contributed by atoms with Crippen LogP contribution in [0.2, 0.25) is 0 Å². The fraction of sp³-hybridized carbons (Fsp3) is 0.833. The van der Waals surface area contributed by atoms with Crippen molar-refractivity contribution in [3.8, 4) is 0 Å². The number of hydrogen-bond acceptors (Lipinski definition) is 2. The first kappa shape index (κ1) is 10.0. The Bertz CT molecular complexity index is 230. The molecule has 0 atom stereocenters. The second kappa shape index (κ2) is 3.58. The molecule has 80 valence electrons. The molecule has 2 fully saturated rings. The highest BCUT2D eigenvalue weighted by atomic mass is 16.3. The van der Waals surface area contributed by atoms with Gasteiger partial charge in [-0.25, -0.2) is 0 Å². The first-order chi connectivity index (χ1) is 6.69. The van der Waals surface area contributed by atoms with E-state index >= 15 is 0 Å². The van der Waals surface area contributed by atoms with Crippen LogP contribution in [-0.4, -0.2) is 29.7 Å². The summed E-state index contributed by atoms with van der Waals surface area (Å²) >= 11 is 0. The average molecular weight is 195 g/mol. The summed E-state index contributed by atoms with van der Waals surface area (Å²) in [5.41, 5.74) is 1.83. The van der Waals surface area contributed by atoms with E-state index in [0.717, 1.165) is 6.42 Å². The van der Waals surface area contributed by atoms with Crippen molar-refractivity contribution in [3.63, 3.8) is 0 Å². The van der Waals surface area contributed by atoms with E-state index in [4.69, 9.17) is 5.11 Å². The lowest BCUT2D eigenvalue weighted by Crippen LogP contribution is -2.40. The van der Waals surface area contributed by atoms with Crippen molar-refractivity contribution in [2.75, 3.05) is 19.7 Å². The summed E-state index contributed by atoms with van der Waals surface area (Å²) in [6.45, 7) is 9.03. The maximum Gasteiger partial charge on any atom is 0.0459 e. The van der Waals surface area contributed by atoms with E-state index in [1.807, 2.05) is 0 Å². The lowest BCUT2D eigenvalue weighted by Gasteiger charge is -2.44. The molecule has 2 rings (SSSR count). The molecule has 2 nitrogen and oxygen atoms in total. The Morgan fingerprint density at radius 2 is 2.29 bits per heavy atom. The van der Waals surface area contributed by atoms with Crippen LogP contribution in [0.5, 0.6) is 0 Å². The van der Waals surface area contributed by atoms with Crippen LogP contribution < -0.4 is 0 Å². The number of nitrogens with zero attached hydrogens (tertiary/aromatic N) is 1. The van der Waals surface area contributed by atoms with Crippen LogP contribution in [-0.2, 0) is 0 Å². The summed E-state index contributed by atoms with van der Waals surface area (Å²) < 4.78 is 0. The van der Waals surface area contributed by atoms with Crippen molar-refractivity contribution in [3.05, 3.63) is 12.3 Å². The summed E-state index contributed by atoms with van der Waals surface area (Å²) in [5, 5.41) is 9.02. The molecule has 1 aliphatic heterocycles. The third-order valence-electron chi connectivity index (χ3n) is 4.00. The molecule has 2 heteroatoms. The number of aliphatic hydroxyl groups is 1. The third-order valence-corrected chi connectivity index (χ3v) is 4.00. The van der Waals surface area contributed by atoms with Gasteiger partial charge in [0, 0.05) is 25.4 Å². The first-order valence-electron chi connectivity index (χ1n) is 5.73. The molecule has 0 bridgehead atoms. The predicted molar refractivity (Wildman–Crippen MR) is 57.9 cm³/mol. The molecular formula is C12H21NO. The number of likely N-dealkylation sites (tertiary alicyclic amines) is 1. The minimum Gasteiger partial charge on any atom is -0.396 e. The monoisotopic (exact) mass is 195 g/mol. The van der Waals surface area contributed by atoms with Crippen LogP contribution in [0.4, 0.5) is 0 Å². The summed E-state index contributed by atoms with van der Waals surface area (Å²) in [5.74, 6) is 0.588. The van der Waals surface area contributed by atoms with E-state index in [1.165, 1.54) is 38.0 Å². The van der Waals surface area contributed by atoms with Gasteiger partial charge in [0.2, 0.25) is 0 Å². The molecule has 0 unspecified atom stereocenters. The maximum atomic E-state index is 9.02. The second-order valence-corrected chi connectivity index (χ2v) is 5.05. The zero-order valence-corrected chi connectivity index (χ0v) is 9.13. The van der Waals surface area contributed by atoms with Gasteiger partial charge >= 0.3 is 0 Å². The minimum absolute atomic E-state index is 0.385. The topological polar surface area (TPSA) is 23.5 Å². The van der Waals surface area contributed by atoms with Crippen LogP contribution in [0.25, 0.3) is 0 Å². The molecule has 1 N–H and O–H groups in total. The first-order valence-corrected chi connectivity index (χ1v) is 5.73. The van der Waals surface area contributed by atoms with E-state index in [1.54, 1.807) is 0 Å². The number of rotatable bonds is 3. The van der Waals surface area contributed by atoms with E-state index in [2.05, 4.69) is 18.4 Å². The van der Waals surface area contributed by atoms with Crippen molar-refractivity contribution < 1.29 is 5.11 Å². The number of hydrogen-bond donors (Lipinski definition) is 1. The SMILES string of the molecule is C=C(CC)N1CCC2(CC(CO)C2)C1. The Balaban J connectivity index is 1.87. The van der Waals surface area contributed by atoms with E-state index in [-0.39, 0.29) is 0 Å². The molecule has 2 aliphatic rings. The largest absolute Gasteiger partial charge is 0.396 e. The smallest absolute Gasteiger partial charge is 0.0459 e. The molecule has 0 radical (unpaired) electrons. The molecule has 0 amide bonds. The molecule has 0 aromatic carbocycles. The maximum absolute atomic E-state index is 9.02. The van der Waals surface area contributed by atoms with Gasteiger partial charge in [-0.1, -0.05) is 13.5 Å². The fourth-order valence-electron chi connectivity index (χ4n) is 3.06. The third kappa shape index (κ3) is 1.56. The van der Waals surface area contributed by atoms with E-state index in [9.17, 15) is 0 Å². The highest BCUT2D eigenvalue weighted by Crippen LogP contribution is 2.52. The Labute approximate surface area is 86.6 Å². The molecule has 1 saturated heterocycles. The van der Waals surface area contributed by atoms with Crippen molar-refractivity contribution >= 4 is 0 Å². The van der Waals surface area contributed by atoms with Crippen LogP contribution in [0.1, 0.15) is 32.6 Å². The van der Waals surface area contributed by atoms with Gasteiger partial charge in [0.05, 0.1) is 0 Å². The minimum atomic E-state index is 0.385. The Morgan fingerprint density at radius 1 is 1.57 bits per heavy atom. The fourth-order valence-corrected chi connectivity index (χ4v) is 3.06. The van der Waals surface area contributed by atoms with Gasteiger partial charge in [-0.05, 0) is 37.0 Å². The Morgan fingerprint density at radius 3 is 2.86 bits per heavy atom. The van der Waals surface area contributed by atoms with Crippen molar-refractivity contribution in [1.82, 2.24) is 4.90 Å². The normalized spacial score (nSPS) is 36.1. The summed E-state index contributed by atoms with van der Waals surface area (Å²) in [6.07, 6.45) is 4.84. The predicted octanol–water partition coefficient (Wildman–Crippen LogP) is 2.00. The van der Waals surface area contributed by atoms with Gasteiger partial charge in [0.15, 0.2) is 0 Å². The van der Waals surface area contributed by atoms with Gasteiger partial charge in [-0.15, -0.1) is 0 Å². The van der Waals surface area contributed by atoms with E-state index < -0.39 is 0 Å². The van der Waals surface area contributed by atoms with Gasteiger partial charge in [-0.3, -0.25) is 0 Å². The zero-order valence-electron chi connectivity index (χ0n) is 9.13. The Kier molecular flexibility index (Phi) is 2.56. The molecule has 1 saturated carbocycles. The number of allylic oxidation sites excluding steroid dienone is 1. The van der Waals surface area contributed by atoms with Crippen LogP contribution in [0.15, 0.2) is 12.3 Å². The lowest BCUT2D eigenvalue weighted by atomic mass is 9.62. The van der Waals surface area contributed by atoms with Crippen LogP contribution >= 0.6 is 0 Å². The summed E-state index contributed by atoms with van der Waals surface area (Å²) in [4.78, 5) is 2.44. The van der Waals surface area contributed by atoms with Crippen LogP contribution in [0.3, 0.4) is 0 Å². The highest BCUT2D eigenvalue weighted by Gasteiger charge is 2.47. The average Bonchev–Trinajstić information content (AvgIpc) is 2.58. The second-order valence-electron chi connectivity index (χ2n) is 5.05. The molecule has 1 heterocycles. The molecule has 0 aromatic rings. The highest BCUT2D eigenvalue weighted by molar-refractivity contribution is 5.06. The van der Waals surface area contributed by atoms with E-state index in [0.29, 0.717) is 17.9 Å². The Hall–Kier alpha value is -0.500. The van der Waals surface area contributed by atoms with Crippen molar-refractivity contribution in [2.45, 2.75) is 32.6 Å². The molecular weight excluding hydrogens is 174 g/mol. The van der Waals surface area contributed by atoms with Crippen molar-refractivity contribution in [2.24, 2.45) is 11.3 Å². The van der Waals surface area contributed by atoms with Crippen LogP contribution in [0, 0.1) is 11.3 Å². The van der Waals surface area contributed by atoms with Gasteiger partial charge in [0.1, 0.15) is 0 Å².